The summed E-state index contributed by atoms with van der Waals surface area (Å²) in [5.74, 6) is 1.92. The van der Waals surface area contributed by atoms with Gasteiger partial charge in [0.05, 0.1) is 11.7 Å². The largest absolute Gasteiger partial charge is 0.363 e. The smallest absolute Gasteiger partial charge is 0.135 e. The van der Waals surface area contributed by atoms with Gasteiger partial charge in [-0.2, -0.15) is 0 Å². The van der Waals surface area contributed by atoms with Crippen LogP contribution in [0.3, 0.4) is 0 Å². The molecule has 0 amide bonds. The number of benzene rings is 2. The zero-order valence-corrected chi connectivity index (χ0v) is 17.3. The van der Waals surface area contributed by atoms with Crippen molar-refractivity contribution < 1.29 is 0 Å². The van der Waals surface area contributed by atoms with Crippen molar-refractivity contribution in [2.75, 3.05) is 16.8 Å². The first-order valence-corrected chi connectivity index (χ1v) is 10.4. The van der Waals surface area contributed by atoms with Crippen LogP contribution in [0.15, 0.2) is 67.1 Å². The van der Waals surface area contributed by atoms with E-state index >= 15 is 0 Å². The summed E-state index contributed by atoms with van der Waals surface area (Å²) in [5, 5.41) is 6.19. The molecule has 5 heteroatoms. The predicted molar refractivity (Wildman–Crippen MR) is 122 cm³/mol. The minimum absolute atomic E-state index is 0.128. The average molecular weight is 396 g/mol. The van der Waals surface area contributed by atoms with Crippen LogP contribution in [0, 0.1) is 6.92 Å². The molecule has 4 aromatic rings. The molecule has 0 radical (unpaired) electrons. The van der Waals surface area contributed by atoms with Crippen molar-refractivity contribution in [2.45, 2.75) is 32.9 Å². The maximum absolute atomic E-state index is 4.61. The van der Waals surface area contributed by atoms with E-state index in [4.69, 9.17) is 0 Å². The van der Waals surface area contributed by atoms with Crippen molar-refractivity contribution in [3.63, 3.8) is 0 Å². The van der Waals surface area contributed by atoms with E-state index in [1.165, 1.54) is 27.5 Å². The van der Waals surface area contributed by atoms with Crippen LogP contribution in [0.4, 0.5) is 11.6 Å². The zero-order chi connectivity index (χ0) is 20.5. The lowest BCUT2D eigenvalue weighted by molar-refractivity contribution is 0.694. The van der Waals surface area contributed by atoms with Crippen LogP contribution < -0.4 is 10.2 Å². The molecule has 0 saturated heterocycles. The van der Waals surface area contributed by atoms with Crippen LogP contribution in [0.25, 0.3) is 10.8 Å². The topological polar surface area (TPSA) is 53.9 Å². The Morgan fingerprint density at radius 1 is 0.967 bits per heavy atom. The second kappa shape index (κ2) is 7.75. The highest BCUT2D eigenvalue weighted by Gasteiger charge is 2.23. The van der Waals surface area contributed by atoms with Gasteiger partial charge in [-0.15, -0.1) is 0 Å². The van der Waals surface area contributed by atoms with Gasteiger partial charge >= 0.3 is 0 Å². The maximum atomic E-state index is 4.61. The van der Waals surface area contributed by atoms with E-state index in [9.17, 15) is 0 Å². The number of pyridine rings is 1. The van der Waals surface area contributed by atoms with Crippen molar-refractivity contribution in [1.82, 2.24) is 15.0 Å². The monoisotopic (exact) mass is 395 g/mol. The second-order valence-electron chi connectivity index (χ2n) is 7.95. The third-order valence-electron chi connectivity index (χ3n) is 5.86. The molecular weight excluding hydrogens is 370 g/mol. The number of aryl methyl sites for hydroxylation is 1. The average Bonchev–Trinajstić information content (AvgIpc) is 2.79. The van der Waals surface area contributed by atoms with Crippen molar-refractivity contribution >= 4 is 22.4 Å². The molecule has 1 atom stereocenters. The molecule has 0 aliphatic carbocycles. The molecule has 3 heterocycles. The van der Waals surface area contributed by atoms with Gasteiger partial charge in [0.1, 0.15) is 18.0 Å². The SMILES string of the molecule is Cc1ccc(N2CCc3ncnc(NC(C)c4cccc5ccccc45)c3C2)nc1. The van der Waals surface area contributed by atoms with E-state index in [0.717, 1.165) is 36.8 Å². The number of fused-ring (bicyclic) bond motifs is 2. The van der Waals surface area contributed by atoms with E-state index < -0.39 is 0 Å². The highest BCUT2D eigenvalue weighted by atomic mass is 15.2. The third kappa shape index (κ3) is 3.47. The molecule has 1 aliphatic heterocycles. The summed E-state index contributed by atoms with van der Waals surface area (Å²) in [6.07, 6.45) is 4.50. The summed E-state index contributed by atoms with van der Waals surface area (Å²) in [6.45, 7) is 5.93. The third-order valence-corrected chi connectivity index (χ3v) is 5.86. The van der Waals surface area contributed by atoms with Gasteiger partial charge in [-0.25, -0.2) is 15.0 Å². The van der Waals surface area contributed by atoms with Crippen LogP contribution >= 0.6 is 0 Å². The summed E-state index contributed by atoms with van der Waals surface area (Å²) in [4.78, 5) is 16.1. The van der Waals surface area contributed by atoms with Gasteiger partial charge in [-0.3, -0.25) is 0 Å². The second-order valence-corrected chi connectivity index (χ2v) is 7.95. The van der Waals surface area contributed by atoms with E-state index in [1.54, 1.807) is 6.33 Å². The molecule has 1 aliphatic rings. The fourth-order valence-electron chi connectivity index (χ4n) is 4.22. The molecule has 2 aromatic carbocycles. The van der Waals surface area contributed by atoms with Gasteiger partial charge in [0.15, 0.2) is 0 Å². The molecule has 5 nitrogen and oxygen atoms in total. The lowest BCUT2D eigenvalue weighted by Gasteiger charge is -2.31. The Morgan fingerprint density at radius 3 is 2.70 bits per heavy atom. The van der Waals surface area contributed by atoms with Gasteiger partial charge in [-0.05, 0) is 41.8 Å². The lowest BCUT2D eigenvalue weighted by Crippen LogP contribution is -2.32. The molecule has 5 rings (SSSR count). The summed E-state index contributed by atoms with van der Waals surface area (Å²) in [6, 6.07) is 19.3. The number of nitrogens with zero attached hydrogens (tertiary/aromatic N) is 4. The van der Waals surface area contributed by atoms with E-state index in [1.807, 2.05) is 6.20 Å². The molecule has 0 spiro atoms. The molecule has 30 heavy (non-hydrogen) atoms. The predicted octanol–water partition coefficient (Wildman–Crippen LogP) is 5.07. The molecule has 0 bridgehead atoms. The first-order chi connectivity index (χ1) is 14.7. The molecule has 1 N–H and O–H groups in total. The molecule has 150 valence electrons. The Hall–Kier alpha value is -3.47. The van der Waals surface area contributed by atoms with E-state index in [2.05, 4.69) is 93.6 Å². The highest BCUT2D eigenvalue weighted by molar-refractivity contribution is 5.86. The quantitative estimate of drug-likeness (QED) is 0.523. The molecule has 1 unspecified atom stereocenters. The van der Waals surface area contributed by atoms with Crippen LogP contribution in [-0.2, 0) is 13.0 Å². The number of anilines is 2. The van der Waals surface area contributed by atoms with Crippen molar-refractivity contribution in [3.8, 4) is 0 Å². The molecule has 2 aromatic heterocycles. The Morgan fingerprint density at radius 2 is 1.83 bits per heavy atom. The van der Waals surface area contributed by atoms with Gasteiger partial charge in [-0.1, -0.05) is 48.5 Å². The maximum Gasteiger partial charge on any atom is 0.135 e. The minimum atomic E-state index is 0.128. The fraction of sp³-hybridized carbons (Fsp3) is 0.240. The number of aromatic nitrogens is 3. The Kier molecular flexibility index (Phi) is 4.79. The Balaban J connectivity index is 1.44. The minimum Gasteiger partial charge on any atom is -0.363 e. The van der Waals surface area contributed by atoms with Gasteiger partial charge < -0.3 is 10.2 Å². The fourth-order valence-corrected chi connectivity index (χ4v) is 4.22. The molecule has 0 saturated carbocycles. The first kappa shape index (κ1) is 18.6. The Bertz CT molecular complexity index is 1180. The van der Waals surface area contributed by atoms with E-state index in [-0.39, 0.29) is 6.04 Å². The highest BCUT2D eigenvalue weighted by Crippen LogP contribution is 2.30. The Labute approximate surface area is 176 Å². The summed E-state index contributed by atoms with van der Waals surface area (Å²) >= 11 is 0. The molecular formula is C25H25N5. The zero-order valence-electron chi connectivity index (χ0n) is 17.3. The van der Waals surface area contributed by atoms with Crippen LogP contribution in [-0.4, -0.2) is 21.5 Å². The number of hydrogen-bond donors (Lipinski definition) is 1. The van der Waals surface area contributed by atoms with Crippen molar-refractivity contribution in [3.05, 3.63) is 89.5 Å². The lowest BCUT2D eigenvalue weighted by atomic mass is 9.99. The summed E-state index contributed by atoms with van der Waals surface area (Å²) < 4.78 is 0. The summed E-state index contributed by atoms with van der Waals surface area (Å²) in [7, 11) is 0. The molecule has 0 fully saturated rings. The van der Waals surface area contributed by atoms with Crippen molar-refractivity contribution in [1.29, 1.82) is 0 Å². The van der Waals surface area contributed by atoms with Crippen LogP contribution in [0.5, 0.6) is 0 Å². The summed E-state index contributed by atoms with van der Waals surface area (Å²) in [5.41, 5.74) is 4.73. The van der Waals surface area contributed by atoms with Gasteiger partial charge in [0, 0.05) is 31.3 Å². The van der Waals surface area contributed by atoms with Crippen LogP contribution in [0.2, 0.25) is 0 Å². The number of hydrogen-bond acceptors (Lipinski definition) is 5. The van der Waals surface area contributed by atoms with Gasteiger partial charge in [0.2, 0.25) is 0 Å². The normalized spacial score (nSPS) is 14.4. The first-order valence-electron chi connectivity index (χ1n) is 10.4. The van der Waals surface area contributed by atoms with Gasteiger partial charge in [0.25, 0.3) is 0 Å². The van der Waals surface area contributed by atoms with Crippen molar-refractivity contribution in [2.24, 2.45) is 0 Å². The standard InChI is InChI=1S/C25H25N5/c1-17-10-11-24(26-14-17)30-13-12-23-22(15-30)25(28-16-27-23)29-18(2)20-9-5-7-19-6-3-4-8-21(19)20/h3-11,14,16,18H,12-13,15H2,1-2H3,(H,27,28,29). The van der Waals surface area contributed by atoms with Crippen LogP contribution in [0.1, 0.15) is 35.3 Å². The number of rotatable bonds is 4. The van der Waals surface area contributed by atoms with E-state index in [0.29, 0.717) is 0 Å². The number of nitrogens with one attached hydrogen (secondary N) is 1.